The highest BCUT2D eigenvalue weighted by atomic mass is 127. The van der Waals surface area contributed by atoms with Crippen molar-refractivity contribution in [3.8, 4) is 5.75 Å². The zero-order valence-electron chi connectivity index (χ0n) is 8.99. The van der Waals surface area contributed by atoms with Crippen LogP contribution in [0, 0.1) is 7.14 Å². The van der Waals surface area contributed by atoms with Crippen molar-refractivity contribution in [2.24, 2.45) is 0 Å². The Bertz CT molecular complexity index is 539. The average molecular weight is 522 g/mol. The van der Waals surface area contributed by atoms with E-state index in [0.29, 0.717) is 7.14 Å². The van der Waals surface area contributed by atoms with Crippen LogP contribution in [0.5, 0.6) is 5.75 Å². The Morgan fingerprint density at radius 1 is 1.21 bits per heavy atom. The Labute approximate surface area is 134 Å². The first-order chi connectivity index (χ1) is 8.47. The smallest absolute Gasteiger partial charge is 0.426 e. The van der Waals surface area contributed by atoms with Crippen molar-refractivity contribution in [3.63, 3.8) is 0 Å². The Morgan fingerprint density at radius 2 is 1.68 bits per heavy atom. The van der Waals surface area contributed by atoms with Crippen molar-refractivity contribution in [2.75, 3.05) is 5.75 Å². The van der Waals surface area contributed by atoms with Gasteiger partial charge in [0.2, 0.25) is 6.10 Å². The summed E-state index contributed by atoms with van der Waals surface area (Å²) in [6.07, 6.45) is -7.51. The number of hydrogen-bond acceptors (Lipinski definition) is 3. The molecule has 0 aromatic heterocycles. The molecule has 0 amide bonds. The van der Waals surface area contributed by atoms with Crippen LogP contribution in [-0.4, -0.2) is 31.0 Å². The van der Waals surface area contributed by atoms with E-state index in [1.54, 1.807) is 6.07 Å². The van der Waals surface area contributed by atoms with Crippen molar-refractivity contribution < 1.29 is 30.9 Å². The maximum Gasteiger partial charge on any atom is 0.426 e. The second-order valence-electron chi connectivity index (χ2n) is 3.50. The molecule has 0 heterocycles. The normalized spacial score (nSPS) is 14.2. The lowest BCUT2D eigenvalue weighted by Crippen LogP contribution is -2.40. The zero-order chi connectivity index (χ0) is 14.8. The number of benzene rings is 1. The van der Waals surface area contributed by atoms with Crippen molar-refractivity contribution in [1.29, 1.82) is 0 Å². The van der Waals surface area contributed by atoms with E-state index in [4.69, 9.17) is 4.55 Å². The third kappa shape index (κ3) is 6.44. The first-order valence-corrected chi connectivity index (χ1v) is 8.38. The number of rotatable bonds is 4. The molecule has 0 fully saturated rings. The van der Waals surface area contributed by atoms with E-state index in [2.05, 4.69) is 4.74 Å². The molecule has 0 spiro atoms. The topological polar surface area (TPSA) is 63.6 Å². The predicted molar refractivity (Wildman–Crippen MR) is 78.8 cm³/mol. The van der Waals surface area contributed by atoms with Gasteiger partial charge in [0.1, 0.15) is 11.5 Å². The molecule has 1 rings (SSSR count). The van der Waals surface area contributed by atoms with E-state index in [-0.39, 0.29) is 5.75 Å². The molecule has 1 aromatic rings. The number of halogens is 5. The Kier molecular flexibility index (Phi) is 5.72. The van der Waals surface area contributed by atoms with Gasteiger partial charge in [-0.3, -0.25) is 4.55 Å². The molecule has 4 nitrogen and oxygen atoms in total. The standard InChI is InChI=1S/C9H7F3I2O4S/c10-9(11,12)8(4-19(15,16)17)18-7-2-5(13)1-6(14)3-7/h1-3,8H,4H2,(H,15,16,17). The summed E-state index contributed by atoms with van der Waals surface area (Å²) in [7, 11) is -4.80. The SMILES string of the molecule is O=S(=O)(O)CC(Oc1cc(I)cc(I)c1)C(F)(F)F. The van der Waals surface area contributed by atoms with E-state index in [0.717, 1.165) is 0 Å². The summed E-state index contributed by atoms with van der Waals surface area (Å²) in [5, 5.41) is 0. The average Bonchev–Trinajstić information content (AvgIpc) is 2.10. The van der Waals surface area contributed by atoms with Crippen LogP contribution in [0.25, 0.3) is 0 Å². The van der Waals surface area contributed by atoms with Crippen LogP contribution in [-0.2, 0) is 10.1 Å². The van der Waals surface area contributed by atoms with Crippen LogP contribution < -0.4 is 4.74 Å². The summed E-state index contributed by atoms with van der Waals surface area (Å²) in [6.45, 7) is 0. The molecular weight excluding hydrogens is 515 g/mol. The number of ether oxygens (including phenoxy) is 1. The Hall–Kier alpha value is 0.180. The minimum absolute atomic E-state index is 0.109. The molecule has 0 aliphatic heterocycles. The van der Waals surface area contributed by atoms with Crippen molar-refractivity contribution in [2.45, 2.75) is 12.3 Å². The van der Waals surface area contributed by atoms with Crippen LogP contribution in [0.1, 0.15) is 0 Å². The first kappa shape index (κ1) is 17.2. The molecule has 10 heteroatoms. The van der Waals surface area contributed by atoms with E-state index >= 15 is 0 Å². The Balaban J connectivity index is 3.01. The van der Waals surface area contributed by atoms with Gasteiger partial charge in [-0.25, -0.2) is 0 Å². The van der Waals surface area contributed by atoms with Gasteiger partial charge in [-0.05, 0) is 63.4 Å². The highest BCUT2D eigenvalue weighted by molar-refractivity contribution is 14.1. The number of hydrogen-bond donors (Lipinski definition) is 1. The van der Waals surface area contributed by atoms with Gasteiger partial charge in [0.05, 0.1) is 0 Å². The molecule has 0 saturated heterocycles. The summed E-state index contributed by atoms with van der Waals surface area (Å²) >= 11 is 3.79. The minimum Gasteiger partial charge on any atom is -0.480 e. The lowest BCUT2D eigenvalue weighted by Gasteiger charge is -2.20. The summed E-state index contributed by atoms with van der Waals surface area (Å²) in [5.41, 5.74) is 0. The van der Waals surface area contributed by atoms with E-state index in [1.165, 1.54) is 12.1 Å². The fraction of sp³-hybridized carbons (Fsp3) is 0.333. The van der Waals surface area contributed by atoms with Gasteiger partial charge in [0, 0.05) is 7.14 Å². The molecule has 1 unspecified atom stereocenters. The molecule has 0 aliphatic carbocycles. The fourth-order valence-electron chi connectivity index (χ4n) is 1.15. The summed E-state index contributed by atoms with van der Waals surface area (Å²) in [4.78, 5) is 0. The van der Waals surface area contributed by atoms with Crippen LogP contribution in [0.4, 0.5) is 13.2 Å². The molecule has 1 atom stereocenters. The molecule has 1 aromatic carbocycles. The second-order valence-corrected chi connectivity index (χ2v) is 7.49. The summed E-state index contributed by atoms with van der Waals surface area (Å²) in [6, 6.07) is 4.39. The fourth-order valence-corrected chi connectivity index (χ4v) is 3.67. The van der Waals surface area contributed by atoms with Gasteiger partial charge in [0.25, 0.3) is 10.1 Å². The van der Waals surface area contributed by atoms with Gasteiger partial charge in [-0.2, -0.15) is 21.6 Å². The van der Waals surface area contributed by atoms with Gasteiger partial charge < -0.3 is 4.74 Å². The summed E-state index contributed by atoms with van der Waals surface area (Å²) < 4.78 is 73.5. The van der Waals surface area contributed by atoms with E-state index in [9.17, 15) is 21.6 Å². The molecule has 0 bridgehead atoms. The highest BCUT2D eigenvalue weighted by Crippen LogP contribution is 2.28. The lowest BCUT2D eigenvalue weighted by molar-refractivity contribution is -0.188. The molecule has 108 valence electrons. The molecule has 0 saturated carbocycles. The third-order valence-corrected chi connectivity index (χ3v) is 3.81. The maximum atomic E-state index is 12.6. The Morgan fingerprint density at radius 3 is 2.05 bits per heavy atom. The molecule has 0 radical (unpaired) electrons. The van der Waals surface area contributed by atoms with Crippen molar-refractivity contribution >= 4 is 55.3 Å². The summed E-state index contributed by atoms with van der Waals surface area (Å²) in [5.74, 6) is -1.65. The van der Waals surface area contributed by atoms with Crippen LogP contribution in [0.15, 0.2) is 18.2 Å². The molecule has 0 aliphatic rings. The quantitative estimate of drug-likeness (QED) is 0.488. The minimum atomic E-state index is -4.90. The molecular formula is C9H7F3I2O4S. The van der Waals surface area contributed by atoms with Crippen LogP contribution in [0.3, 0.4) is 0 Å². The van der Waals surface area contributed by atoms with Crippen molar-refractivity contribution in [3.05, 3.63) is 25.3 Å². The van der Waals surface area contributed by atoms with Crippen LogP contribution >= 0.6 is 45.2 Å². The monoisotopic (exact) mass is 522 g/mol. The second kappa shape index (κ2) is 6.30. The van der Waals surface area contributed by atoms with Crippen molar-refractivity contribution in [1.82, 2.24) is 0 Å². The van der Waals surface area contributed by atoms with E-state index in [1.807, 2.05) is 45.2 Å². The predicted octanol–water partition coefficient (Wildman–Crippen LogP) is 3.09. The number of alkyl halides is 3. The molecule has 19 heavy (non-hydrogen) atoms. The van der Waals surface area contributed by atoms with Crippen LogP contribution in [0.2, 0.25) is 0 Å². The van der Waals surface area contributed by atoms with Gasteiger partial charge in [-0.15, -0.1) is 0 Å². The van der Waals surface area contributed by atoms with Gasteiger partial charge in [-0.1, -0.05) is 0 Å². The van der Waals surface area contributed by atoms with E-state index < -0.39 is 28.2 Å². The third-order valence-electron chi connectivity index (χ3n) is 1.84. The lowest BCUT2D eigenvalue weighted by atomic mass is 10.3. The highest BCUT2D eigenvalue weighted by Gasteiger charge is 2.44. The maximum absolute atomic E-state index is 12.6. The van der Waals surface area contributed by atoms with Gasteiger partial charge >= 0.3 is 6.18 Å². The molecule has 1 N–H and O–H groups in total. The first-order valence-electron chi connectivity index (χ1n) is 4.62. The van der Waals surface area contributed by atoms with Gasteiger partial charge in [0.15, 0.2) is 0 Å². The zero-order valence-corrected chi connectivity index (χ0v) is 14.1. The largest absolute Gasteiger partial charge is 0.480 e.